The number of carbonyl (C=O) groups excluding carboxylic acids is 3. The summed E-state index contributed by atoms with van der Waals surface area (Å²) in [6, 6.07) is 6.24. The second-order valence-corrected chi connectivity index (χ2v) is 7.34. The van der Waals surface area contributed by atoms with Crippen LogP contribution in [-0.2, 0) is 14.4 Å². The molecular formula is C20H27N3O5. The zero-order chi connectivity index (χ0) is 20.3. The van der Waals surface area contributed by atoms with Crippen molar-refractivity contribution < 1.29 is 24.2 Å². The second kappa shape index (κ2) is 8.60. The van der Waals surface area contributed by atoms with E-state index in [-0.39, 0.29) is 43.3 Å². The normalized spacial score (nSPS) is 23.0. The van der Waals surface area contributed by atoms with E-state index in [0.717, 1.165) is 12.8 Å². The molecule has 2 heterocycles. The van der Waals surface area contributed by atoms with Crippen LogP contribution in [0.3, 0.4) is 0 Å². The van der Waals surface area contributed by atoms with Gasteiger partial charge in [0.1, 0.15) is 11.8 Å². The number of anilines is 1. The van der Waals surface area contributed by atoms with Gasteiger partial charge in [0.25, 0.3) is 0 Å². The van der Waals surface area contributed by atoms with E-state index >= 15 is 0 Å². The highest BCUT2D eigenvalue weighted by atomic mass is 16.5. The molecule has 3 rings (SSSR count). The molecule has 2 aliphatic heterocycles. The molecule has 152 valence electrons. The Morgan fingerprint density at radius 1 is 1.32 bits per heavy atom. The van der Waals surface area contributed by atoms with Gasteiger partial charge in [-0.25, -0.2) is 0 Å². The lowest BCUT2D eigenvalue weighted by Gasteiger charge is -2.27. The van der Waals surface area contributed by atoms with Crippen molar-refractivity contribution in [3.63, 3.8) is 0 Å². The van der Waals surface area contributed by atoms with Gasteiger partial charge in [0.05, 0.1) is 25.7 Å². The third-order valence-corrected chi connectivity index (χ3v) is 5.48. The Morgan fingerprint density at radius 2 is 2.04 bits per heavy atom. The Kier molecular flexibility index (Phi) is 6.18. The summed E-state index contributed by atoms with van der Waals surface area (Å²) in [5.74, 6) is -0.424. The predicted octanol–water partition coefficient (Wildman–Crippen LogP) is 0.536. The Balaban J connectivity index is 1.58. The molecular weight excluding hydrogens is 362 g/mol. The third-order valence-electron chi connectivity index (χ3n) is 5.48. The second-order valence-electron chi connectivity index (χ2n) is 7.34. The van der Waals surface area contributed by atoms with E-state index < -0.39 is 12.0 Å². The van der Waals surface area contributed by atoms with E-state index in [0.29, 0.717) is 18.0 Å². The van der Waals surface area contributed by atoms with Crippen LogP contribution in [0.5, 0.6) is 5.75 Å². The van der Waals surface area contributed by atoms with Gasteiger partial charge in [-0.05, 0) is 44.0 Å². The van der Waals surface area contributed by atoms with Gasteiger partial charge in [-0.2, -0.15) is 0 Å². The van der Waals surface area contributed by atoms with Crippen LogP contribution < -0.4 is 15.0 Å². The van der Waals surface area contributed by atoms with E-state index in [1.165, 1.54) is 0 Å². The minimum Gasteiger partial charge on any atom is -0.497 e. The summed E-state index contributed by atoms with van der Waals surface area (Å²) in [6.45, 7) is 2.45. The summed E-state index contributed by atoms with van der Waals surface area (Å²) in [7, 11) is 1.57. The van der Waals surface area contributed by atoms with Gasteiger partial charge in [0.2, 0.25) is 17.7 Å². The number of rotatable bonds is 6. The molecule has 3 amide bonds. The molecule has 0 aliphatic carbocycles. The van der Waals surface area contributed by atoms with Gasteiger partial charge in [0.15, 0.2) is 0 Å². The molecule has 8 heteroatoms. The van der Waals surface area contributed by atoms with Crippen molar-refractivity contribution in [2.75, 3.05) is 31.7 Å². The van der Waals surface area contributed by atoms with Gasteiger partial charge in [-0.3, -0.25) is 14.4 Å². The number of carbonyl (C=O) groups is 3. The predicted molar refractivity (Wildman–Crippen MR) is 103 cm³/mol. The van der Waals surface area contributed by atoms with Gasteiger partial charge >= 0.3 is 0 Å². The monoisotopic (exact) mass is 389 g/mol. The van der Waals surface area contributed by atoms with Crippen LogP contribution in [-0.4, -0.2) is 66.6 Å². The maximum absolute atomic E-state index is 12.6. The van der Waals surface area contributed by atoms with Crippen molar-refractivity contribution in [1.82, 2.24) is 10.2 Å². The summed E-state index contributed by atoms with van der Waals surface area (Å²) in [6.07, 6.45) is 1.74. The molecule has 1 aromatic carbocycles. The SMILES string of the molecule is COc1ccc(N2CC(C(=O)NC(C)C(=O)N3CCCC3CO)CC2=O)cc1. The minimum atomic E-state index is -0.690. The van der Waals surface area contributed by atoms with Crippen molar-refractivity contribution >= 4 is 23.4 Å². The molecule has 28 heavy (non-hydrogen) atoms. The zero-order valence-corrected chi connectivity index (χ0v) is 16.3. The minimum absolute atomic E-state index is 0.0691. The number of ether oxygens (including phenoxy) is 1. The van der Waals surface area contributed by atoms with E-state index in [2.05, 4.69) is 5.32 Å². The molecule has 2 saturated heterocycles. The van der Waals surface area contributed by atoms with E-state index in [1.54, 1.807) is 48.1 Å². The molecule has 0 radical (unpaired) electrons. The van der Waals surface area contributed by atoms with Crippen LogP contribution in [0, 0.1) is 5.92 Å². The summed E-state index contributed by atoms with van der Waals surface area (Å²) in [4.78, 5) is 40.8. The number of methoxy groups -OCH3 is 1. The lowest BCUT2D eigenvalue weighted by Crippen LogP contribution is -2.50. The number of aliphatic hydroxyl groups excluding tert-OH is 1. The Labute approximate surface area is 164 Å². The topological polar surface area (TPSA) is 99.2 Å². The standard InChI is InChI=1S/C20H27N3O5/c1-13(20(27)22-9-3-4-16(22)12-24)21-19(26)14-10-18(25)23(11-14)15-5-7-17(28-2)8-6-15/h5-8,13-14,16,24H,3-4,9-12H2,1-2H3,(H,21,26). The molecule has 0 bridgehead atoms. The highest BCUT2D eigenvalue weighted by Crippen LogP contribution is 2.27. The van der Waals surface area contributed by atoms with Crippen LogP contribution in [0.4, 0.5) is 5.69 Å². The number of amides is 3. The molecule has 0 aromatic heterocycles. The highest BCUT2D eigenvalue weighted by molar-refractivity contribution is 6.01. The highest BCUT2D eigenvalue weighted by Gasteiger charge is 2.37. The third kappa shape index (κ3) is 4.11. The first-order valence-electron chi connectivity index (χ1n) is 9.60. The van der Waals surface area contributed by atoms with Crippen molar-refractivity contribution in [3.05, 3.63) is 24.3 Å². The number of aliphatic hydroxyl groups is 1. The zero-order valence-electron chi connectivity index (χ0n) is 16.3. The lowest BCUT2D eigenvalue weighted by molar-refractivity contribution is -0.138. The largest absolute Gasteiger partial charge is 0.497 e. The van der Waals surface area contributed by atoms with E-state index in [4.69, 9.17) is 4.74 Å². The van der Waals surface area contributed by atoms with Gasteiger partial charge < -0.3 is 25.0 Å². The molecule has 0 saturated carbocycles. The Bertz CT molecular complexity index is 736. The first-order chi connectivity index (χ1) is 13.4. The number of nitrogens with one attached hydrogen (secondary N) is 1. The molecule has 2 N–H and O–H groups in total. The first-order valence-corrected chi connectivity index (χ1v) is 9.60. The van der Waals surface area contributed by atoms with E-state index in [1.807, 2.05) is 0 Å². The molecule has 2 aliphatic rings. The van der Waals surface area contributed by atoms with Crippen molar-refractivity contribution in [1.29, 1.82) is 0 Å². The van der Waals surface area contributed by atoms with Gasteiger partial charge in [-0.1, -0.05) is 0 Å². The molecule has 3 unspecified atom stereocenters. The van der Waals surface area contributed by atoms with E-state index in [9.17, 15) is 19.5 Å². The summed E-state index contributed by atoms with van der Waals surface area (Å²) < 4.78 is 5.12. The van der Waals surface area contributed by atoms with Gasteiger partial charge in [0, 0.05) is 25.2 Å². The summed E-state index contributed by atoms with van der Waals surface area (Å²) in [5.41, 5.74) is 0.716. The quantitative estimate of drug-likeness (QED) is 0.740. The number of benzene rings is 1. The molecule has 3 atom stereocenters. The van der Waals surface area contributed by atoms with Crippen LogP contribution >= 0.6 is 0 Å². The fourth-order valence-electron chi connectivity index (χ4n) is 3.85. The Hall–Kier alpha value is -2.61. The van der Waals surface area contributed by atoms with Gasteiger partial charge in [-0.15, -0.1) is 0 Å². The lowest BCUT2D eigenvalue weighted by atomic mass is 10.1. The van der Waals surface area contributed by atoms with Crippen LogP contribution in [0.2, 0.25) is 0 Å². The average molecular weight is 389 g/mol. The van der Waals surface area contributed by atoms with Crippen molar-refractivity contribution in [3.8, 4) is 5.75 Å². The fraction of sp³-hybridized carbons (Fsp3) is 0.550. The average Bonchev–Trinajstić information content (AvgIpc) is 3.33. The van der Waals surface area contributed by atoms with Crippen LogP contribution in [0.1, 0.15) is 26.2 Å². The number of likely N-dealkylation sites (tertiary alicyclic amines) is 1. The molecule has 2 fully saturated rings. The number of hydrogen-bond donors (Lipinski definition) is 2. The maximum Gasteiger partial charge on any atom is 0.245 e. The molecule has 0 spiro atoms. The summed E-state index contributed by atoms with van der Waals surface area (Å²) >= 11 is 0. The fourth-order valence-corrected chi connectivity index (χ4v) is 3.85. The van der Waals surface area contributed by atoms with Crippen LogP contribution in [0.25, 0.3) is 0 Å². The van der Waals surface area contributed by atoms with Crippen molar-refractivity contribution in [2.24, 2.45) is 5.92 Å². The molecule has 8 nitrogen and oxygen atoms in total. The maximum atomic E-state index is 12.6. The summed E-state index contributed by atoms with van der Waals surface area (Å²) in [5, 5.41) is 12.1. The smallest absolute Gasteiger partial charge is 0.245 e. The number of hydrogen-bond acceptors (Lipinski definition) is 5. The first kappa shape index (κ1) is 20.1. The van der Waals surface area contributed by atoms with Crippen molar-refractivity contribution in [2.45, 2.75) is 38.3 Å². The van der Waals surface area contributed by atoms with Crippen LogP contribution in [0.15, 0.2) is 24.3 Å². The Morgan fingerprint density at radius 3 is 2.68 bits per heavy atom. The number of nitrogens with zero attached hydrogens (tertiary/aromatic N) is 2. The molecule has 1 aromatic rings.